The second kappa shape index (κ2) is 6.06. The van der Waals surface area contributed by atoms with Gasteiger partial charge in [0.25, 0.3) is 0 Å². The lowest BCUT2D eigenvalue weighted by molar-refractivity contribution is -0.215. The zero-order chi connectivity index (χ0) is 14.6. The van der Waals surface area contributed by atoms with Crippen LogP contribution in [0.15, 0.2) is 0 Å². The Morgan fingerprint density at radius 1 is 1.22 bits per heavy atom. The van der Waals surface area contributed by atoms with E-state index in [2.05, 4.69) is 0 Å². The molecule has 0 aliphatic heterocycles. The van der Waals surface area contributed by atoms with Gasteiger partial charge in [0.15, 0.2) is 0 Å². The number of nitrogens with zero attached hydrogens (tertiary/aromatic N) is 1. The third-order valence-electron chi connectivity index (χ3n) is 2.67. The van der Waals surface area contributed by atoms with E-state index in [1.165, 1.54) is 7.05 Å². The summed E-state index contributed by atoms with van der Waals surface area (Å²) in [6.07, 6.45) is -4.96. The Morgan fingerprint density at radius 2 is 1.72 bits per heavy atom. The number of halogens is 3. The smallest absolute Gasteiger partial charge is 0.394 e. The van der Waals surface area contributed by atoms with E-state index in [0.717, 1.165) is 18.7 Å². The SMILES string of the molecule is CN(CCCC(=O)O)C(=O)CC(C)(C)C(F)(F)F. The molecule has 0 atom stereocenters. The van der Waals surface area contributed by atoms with Gasteiger partial charge < -0.3 is 10.0 Å². The number of carboxylic acids is 1. The Kier molecular flexibility index (Phi) is 5.63. The van der Waals surface area contributed by atoms with Gasteiger partial charge in [-0.2, -0.15) is 13.2 Å². The van der Waals surface area contributed by atoms with Crippen LogP contribution in [-0.4, -0.2) is 41.7 Å². The first-order valence-corrected chi connectivity index (χ1v) is 5.50. The first-order valence-electron chi connectivity index (χ1n) is 5.50. The van der Waals surface area contributed by atoms with Crippen molar-refractivity contribution in [3.8, 4) is 0 Å². The van der Waals surface area contributed by atoms with Crippen LogP contribution in [0.5, 0.6) is 0 Å². The van der Waals surface area contributed by atoms with E-state index in [0.29, 0.717) is 0 Å². The van der Waals surface area contributed by atoms with Crippen molar-refractivity contribution in [3.05, 3.63) is 0 Å². The van der Waals surface area contributed by atoms with Crippen LogP contribution < -0.4 is 0 Å². The summed E-state index contributed by atoms with van der Waals surface area (Å²) in [5.74, 6) is -1.63. The van der Waals surface area contributed by atoms with E-state index in [4.69, 9.17) is 5.11 Å². The Hall–Kier alpha value is -1.27. The number of carboxylic acid groups (broad SMARTS) is 1. The topological polar surface area (TPSA) is 57.6 Å². The normalized spacial score (nSPS) is 12.3. The molecule has 0 heterocycles. The van der Waals surface area contributed by atoms with E-state index in [-0.39, 0.29) is 19.4 Å². The molecule has 18 heavy (non-hydrogen) atoms. The molecule has 0 bridgehead atoms. The number of hydrogen-bond acceptors (Lipinski definition) is 2. The fraction of sp³-hybridized carbons (Fsp3) is 0.818. The molecule has 0 aromatic rings. The maximum atomic E-state index is 12.6. The highest BCUT2D eigenvalue weighted by molar-refractivity contribution is 5.76. The quantitative estimate of drug-likeness (QED) is 0.804. The Labute approximate surface area is 104 Å². The van der Waals surface area contributed by atoms with Crippen LogP contribution in [-0.2, 0) is 9.59 Å². The number of carbonyl (C=O) groups excluding carboxylic acids is 1. The highest BCUT2D eigenvalue weighted by atomic mass is 19.4. The lowest BCUT2D eigenvalue weighted by Gasteiger charge is -2.29. The van der Waals surface area contributed by atoms with Crippen molar-refractivity contribution in [2.75, 3.05) is 13.6 Å². The highest BCUT2D eigenvalue weighted by Crippen LogP contribution is 2.40. The number of carbonyl (C=O) groups is 2. The van der Waals surface area contributed by atoms with Crippen LogP contribution in [0.1, 0.15) is 33.1 Å². The van der Waals surface area contributed by atoms with Crippen molar-refractivity contribution in [3.63, 3.8) is 0 Å². The molecule has 0 aromatic carbocycles. The second-order valence-corrected chi connectivity index (χ2v) is 4.87. The molecule has 0 unspecified atom stereocenters. The average molecular weight is 269 g/mol. The van der Waals surface area contributed by atoms with Gasteiger partial charge in [-0.1, -0.05) is 13.8 Å². The molecule has 0 aliphatic carbocycles. The van der Waals surface area contributed by atoms with Crippen LogP contribution >= 0.6 is 0 Å². The second-order valence-electron chi connectivity index (χ2n) is 4.87. The molecule has 0 rings (SSSR count). The molecule has 0 spiro atoms. The molecule has 0 radical (unpaired) electrons. The zero-order valence-electron chi connectivity index (χ0n) is 10.7. The molecule has 1 N–H and O–H groups in total. The number of alkyl halides is 3. The standard InChI is InChI=1S/C11H18F3NO3/c1-10(2,11(12,13)14)7-8(16)15(3)6-4-5-9(17)18/h4-7H2,1-3H3,(H,17,18). The Balaban J connectivity index is 4.28. The van der Waals surface area contributed by atoms with Gasteiger partial charge in [-0.3, -0.25) is 9.59 Å². The largest absolute Gasteiger partial charge is 0.481 e. The lowest BCUT2D eigenvalue weighted by atomic mass is 9.88. The van der Waals surface area contributed by atoms with E-state index in [9.17, 15) is 22.8 Å². The molecule has 0 aromatic heterocycles. The minimum atomic E-state index is -4.44. The first kappa shape index (κ1) is 16.7. The fourth-order valence-electron chi connectivity index (χ4n) is 1.21. The van der Waals surface area contributed by atoms with Crippen LogP contribution in [0.3, 0.4) is 0 Å². The molecule has 0 saturated heterocycles. The number of aliphatic carboxylic acids is 1. The van der Waals surface area contributed by atoms with Gasteiger partial charge in [0.1, 0.15) is 0 Å². The zero-order valence-corrected chi connectivity index (χ0v) is 10.7. The summed E-state index contributed by atoms with van der Waals surface area (Å²) < 4.78 is 37.7. The summed E-state index contributed by atoms with van der Waals surface area (Å²) in [6, 6.07) is 0. The molecule has 4 nitrogen and oxygen atoms in total. The molecular formula is C11H18F3NO3. The van der Waals surface area contributed by atoms with Gasteiger partial charge in [0.2, 0.25) is 5.91 Å². The van der Waals surface area contributed by atoms with Gasteiger partial charge in [0.05, 0.1) is 5.41 Å². The maximum Gasteiger partial charge on any atom is 0.394 e. The summed E-state index contributed by atoms with van der Waals surface area (Å²) in [5, 5.41) is 8.41. The molecule has 1 amide bonds. The monoisotopic (exact) mass is 269 g/mol. The minimum absolute atomic E-state index is 0.111. The summed E-state index contributed by atoms with van der Waals surface area (Å²) in [6.45, 7) is 2.07. The molecule has 0 fully saturated rings. The van der Waals surface area contributed by atoms with Crippen molar-refractivity contribution < 1.29 is 27.9 Å². The van der Waals surface area contributed by atoms with Gasteiger partial charge in [-0.15, -0.1) is 0 Å². The van der Waals surface area contributed by atoms with Gasteiger partial charge in [0, 0.05) is 26.4 Å². The van der Waals surface area contributed by atoms with E-state index < -0.39 is 29.9 Å². The van der Waals surface area contributed by atoms with Gasteiger partial charge in [-0.05, 0) is 6.42 Å². The fourth-order valence-corrected chi connectivity index (χ4v) is 1.21. The number of hydrogen-bond donors (Lipinski definition) is 1. The summed E-state index contributed by atoms with van der Waals surface area (Å²) in [4.78, 5) is 23.0. The van der Waals surface area contributed by atoms with E-state index in [1.54, 1.807) is 0 Å². The van der Waals surface area contributed by atoms with Crippen molar-refractivity contribution in [2.24, 2.45) is 5.41 Å². The van der Waals surface area contributed by atoms with Crippen LogP contribution in [0, 0.1) is 5.41 Å². The molecule has 7 heteroatoms. The van der Waals surface area contributed by atoms with Gasteiger partial charge >= 0.3 is 12.1 Å². The van der Waals surface area contributed by atoms with Crippen molar-refractivity contribution in [2.45, 2.75) is 39.3 Å². The van der Waals surface area contributed by atoms with Crippen LogP contribution in [0.2, 0.25) is 0 Å². The predicted octanol–water partition coefficient (Wildman–Crippen LogP) is 2.29. The van der Waals surface area contributed by atoms with E-state index in [1.807, 2.05) is 0 Å². The van der Waals surface area contributed by atoms with E-state index >= 15 is 0 Å². The number of rotatable bonds is 6. The summed E-state index contributed by atoms with van der Waals surface area (Å²) >= 11 is 0. The van der Waals surface area contributed by atoms with Crippen molar-refractivity contribution >= 4 is 11.9 Å². The highest BCUT2D eigenvalue weighted by Gasteiger charge is 2.48. The summed E-state index contributed by atoms with van der Waals surface area (Å²) in [7, 11) is 1.37. The predicted molar refractivity (Wildman–Crippen MR) is 59.0 cm³/mol. The molecule has 106 valence electrons. The van der Waals surface area contributed by atoms with Gasteiger partial charge in [-0.25, -0.2) is 0 Å². The third kappa shape index (κ3) is 5.37. The van der Waals surface area contributed by atoms with Crippen molar-refractivity contribution in [1.82, 2.24) is 4.90 Å². The van der Waals surface area contributed by atoms with Crippen LogP contribution in [0.25, 0.3) is 0 Å². The maximum absolute atomic E-state index is 12.6. The molecule has 0 aliphatic rings. The first-order chi connectivity index (χ1) is 7.97. The number of amides is 1. The lowest BCUT2D eigenvalue weighted by Crippen LogP contribution is -2.39. The summed E-state index contributed by atoms with van der Waals surface area (Å²) in [5.41, 5.74) is -2.08. The minimum Gasteiger partial charge on any atom is -0.481 e. The van der Waals surface area contributed by atoms with Crippen LogP contribution in [0.4, 0.5) is 13.2 Å². The molecular weight excluding hydrogens is 251 g/mol. The average Bonchev–Trinajstić information content (AvgIpc) is 2.14. The third-order valence-corrected chi connectivity index (χ3v) is 2.67. The van der Waals surface area contributed by atoms with Crippen molar-refractivity contribution in [1.29, 1.82) is 0 Å². The molecule has 0 saturated carbocycles. The Morgan fingerprint density at radius 3 is 2.11 bits per heavy atom. The Bertz CT molecular complexity index is 313.